The van der Waals surface area contributed by atoms with Crippen molar-refractivity contribution in [1.82, 2.24) is 0 Å². The Morgan fingerprint density at radius 1 is 0.760 bits per heavy atom. The van der Waals surface area contributed by atoms with Gasteiger partial charge in [0, 0.05) is 12.1 Å². The van der Waals surface area contributed by atoms with Gasteiger partial charge in [-0.05, 0) is 66.6 Å². The van der Waals surface area contributed by atoms with Crippen LogP contribution in [0.2, 0.25) is 0 Å². The predicted molar refractivity (Wildman–Crippen MR) is 104 cm³/mol. The lowest BCUT2D eigenvalue weighted by Gasteiger charge is -2.58. The normalized spacial score (nSPS) is 49.2. The molecule has 2 rings (SSSR count). The second-order valence-electron chi connectivity index (χ2n) is 9.43. The molecule has 10 atom stereocenters. The van der Waals surface area contributed by atoms with Gasteiger partial charge in [-0.1, -0.05) is 41.5 Å². The van der Waals surface area contributed by atoms with Crippen molar-refractivity contribution in [2.24, 2.45) is 52.4 Å². The van der Waals surface area contributed by atoms with Crippen LogP contribution >= 0.6 is 0 Å². The van der Waals surface area contributed by atoms with Gasteiger partial charge >= 0.3 is 0 Å². The van der Waals surface area contributed by atoms with Gasteiger partial charge in [0.2, 0.25) is 0 Å². The number of aliphatic hydroxyl groups is 2. The van der Waals surface area contributed by atoms with Crippen molar-refractivity contribution in [2.75, 3.05) is 0 Å². The Kier molecular flexibility index (Phi) is 6.63. The molecule has 4 heteroatoms. The SMILES string of the molecule is CCC(CC)(C1CC(C)C(O)C(N)C1C)C1CC(C)C(O)C(N)C1C. The maximum absolute atomic E-state index is 10.4. The van der Waals surface area contributed by atoms with Crippen LogP contribution in [0, 0.1) is 40.9 Å². The summed E-state index contributed by atoms with van der Waals surface area (Å²) in [5, 5.41) is 20.9. The van der Waals surface area contributed by atoms with E-state index in [1.54, 1.807) is 0 Å². The van der Waals surface area contributed by atoms with Crippen LogP contribution in [0.4, 0.5) is 0 Å². The van der Waals surface area contributed by atoms with Gasteiger partial charge in [0.15, 0.2) is 0 Å². The molecular weight excluding hydrogens is 312 g/mol. The van der Waals surface area contributed by atoms with E-state index in [4.69, 9.17) is 11.5 Å². The number of hydrogen-bond acceptors (Lipinski definition) is 4. The highest BCUT2D eigenvalue weighted by molar-refractivity contribution is 5.05. The predicted octanol–water partition coefficient (Wildman–Crippen LogP) is 2.75. The fourth-order valence-corrected chi connectivity index (χ4v) is 6.52. The third kappa shape index (κ3) is 3.40. The standard InChI is InChI=1S/C21H42N2O2/c1-7-21(8-2,15-9-11(3)19(24)17(22)13(15)5)16-10-12(4)20(25)18(23)14(16)6/h11-20,24-25H,7-10,22-23H2,1-6H3. The Labute approximate surface area is 154 Å². The van der Waals surface area contributed by atoms with Crippen LogP contribution in [0.1, 0.15) is 67.2 Å². The fraction of sp³-hybridized carbons (Fsp3) is 1.00. The molecule has 25 heavy (non-hydrogen) atoms. The zero-order valence-corrected chi connectivity index (χ0v) is 17.2. The molecule has 2 saturated carbocycles. The Hall–Kier alpha value is -0.160. The van der Waals surface area contributed by atoms with Gasteiger partial charge in [-0.25, -0.2) is 0 Å². The van der Waals surface area contributed by atoms with Crippen LogP contribution in [0.3, 0.4) is 0 Å². The molecule has 148 valence electrons. The molecule has 6 N–H and O–H groups in total. The number of aliphatic hydroxyl groups excluding tert-OH is 2. The van der Waals surface area contributed by atoms with Crippen molar-refractivity contribution in [1.29, 1.82) is 0 Å². The molecule has 0 aliphatic heterocycles. The average molecular weight is 355 g/mol. The molecule has 0 spiro atoms. The summed E-state index contributed by atoms with van der Waals surface area (Å²) in [5.74, 6) is 2.08. The third-order valence-corrected chi connectivity index (χ3v) is 8.48. The molecule has 4 nitrogen and oxygen atoms in total. The second kappa shape index (κ2) is 7.84. The van der Waals surface area contributed by atoms with E-state index < -0.39 is 12.2 Å². The molecule has 10 unspecified atom stereocenters. The van der Waals surface area contributed by atoms with Crippen molar-refractivity contribution < 1.29 is 10.2 Å². The maximum Gasteiger partial charge on any atom is 0.0719 e. The van der Waals surface area contributed by atoms with E-state index in [9.17, 15) is 10.2 Å². The van der Waals surface area contributed by atoms with Crippen LogP contribution in [-0.2, 0) is 0 Å². The lowest BCUT2D eigenvalue weighted by Crippen LogP contribution is -2.60. The van der Waals surface area contributed by atoms with Crippen LogP contribution < -0.4 is 11.5 Å². The summed E-state index contributed by atoms with van der Waals surface area (Å²) < 4.78 is 0. The van der Waals surface area contributed by atoms with E-state index in [-0.39, 0.29) is 29.3 Å². The van der Waals surface area contributed by atoms with E-state index in [0.717, 1.165) is 25.7 Å². The highest BCUT2D eigenvalue weighted by atomic mass is 16.3. The van der Waals surface area contributed by atoms with E-state index >= 15 is 0 Å². The third-order valence-electron chi connectivity index (χ3n) is 8.48. The number of hydrogen-bond donors (Lipinski definition) is 4. The van der Waals surface area contributed by atoms with Crippen LogP contribution in [0.25, 0.3) is 0 Å². The van der Waals surface area contributed by atoms with Gasteiger partial charge in [0.1, 0.15) is 0 Å². The highest BCUT2D eigenvalue weighted by Gasteiger charge is 2.54. The van der Waals surface area contributed by atoms with Crippen molar-refractivity contribution in [3.8, 4) is 0 Å². The van der Waals surface area contributed by atoms with Crippen molar-refractivity contribution in [3.63, 3.8) is 0 Å². The van der Waals surface area contributed by atoms with E-state index in [1.165, 1.54) is 0 Å². The van der Waals surface area contributed by atoms with Crippen LogP contribution in [0.5, 0.6) is 0 Å². The minimum Gasteiger partial charge on any atom is -0.391 e. The summed E-state index contributed by atoms with van der Waals surface area (Å²) in [6.07, 6.45) is 3.49. The minimum atomic E-state index is -0.399. The van der Waals surface area contributed by atoms with Gasteiger partial charge in [0.05, 0.1) is 12.2 Å². The van der Waals surface area contributed by atoms with E-state index in [0.29, 0.717) is 23.7 Å². The smallest absolute Gasteiger partial charge is 0.0719 e. The largest absolute Gasteiger partial charge is 0.391 e. The Balaban J connectivity index is 2.40. The quantitative estimate of drug-likeness (QED) is 0.624. The lowest BCUT2D eigenvalue weighted by molar-refractivity contribution is -0.109. The minimum absolute atomic E-state index is 0.151. The molecule has 0 amide bonds. The Morgan fingerprint density at radius 2 is 1.08 bits per heavy atom. The zero-order chi connectivity index (χ0) is 19.1. The first-order valence-electron chi connectivity index (χ1n) is 10.5. The Morgan fingerprint density at radius 3 is 1.36 bits per heavy atom. The van der Waals surface area contributed by atoms with Crippen LogP contribution in [0.15, 0.2) is 0 Å². The summed E-state index contributed by atoms with van der Waals surface area (Å²) in [6, 6.07) is -0.302. The van der Waals surface area contributed by atoms with Gasteiger partial charge in [-0.3, -0.25) is 0 Å². The van der Waals surface area contributed by atoms with E-state index in [1.807, 2.05) is 0 Å². The molecule has 0 bridgehead atoms. The van der Waals surface area contributed by atoms with Gasteiger partial charge < -0.3 is 21.7 Å². The Bertz CT molecular complexity index is 404. The van der Waals surface area contributed by atoms with Gasteiger partial charge in [0.25, 0.3) is 0 Å². The molecular formula is C21H42N2O2. The summed E-state index contributed by atoms with van der Waals surface area (Å²) >= 11 is 0. The van der Waals surface area contributed by atoms with Crippen LogP contribution in [-0.4, -0.2) is 34.5 Å². The highest BCUT2D eigenvalue weighted by Crippen LogP contribution is 2.57. The maximum atomic E-state index is 10.4. The molecule has 0 aromatic rings. The molecule has 0 heterocycles. The first-order valence-corrected chi connectivity index (χ1v) is 10.5. The molecule has 0 saturated heterocycles. The van der Waals surface area contributed by atoms with Crippen molar-refractivity contribution >= 4 is 0 Å². The van der Waals surface area contributed by atoms with Crippen molar-refractivity contribution in [3.05, 3.63) is 0 Å². The molecule has 0 aromatic heterocycles. The van der Waals surface area contributed by atoms with Gasteiger partial charge in [-0.15, -0.1) is 0 Å². The number of rotatable bonds is 4. The lowest BCUT2D eigenvalue weighted by atomic mass is 9.49. The molecule has 2 aliphatic carbocycles. The monoisotopic (exact) mass is 354 g/mol. The zero-order valence-electron chi connectivity index (χ0n) is 17.2. The summed E-state index contributed by atoms with van der Waals surface area (Å²) in [5.41, 5.74) is 13.0. The van der Waals surface area contributed by atoms with Crippen molar-refractivity contribution in [2.45, 2.75) is 91.5 Å². The summed E-state index contributed by atoms with van der Waals surface area (Å²) in [7, 11) is 0. The summed E-state index contributed by atoms with van der Waals surface area (Å²) in [4.78, 5) is 0. The topological polar surface area (TPSA) is 92.5 Å². The number of nitrogens with two attached hydrogens (primary N) is 2. The first-order chi connectivity index (χ1) is 11.6. The fourth-order valence-electron chi connectivity index (χ4n) is 6.52. The first kappa shape index (κ1) is 21.1. The summed E-state index contributed by atoms with van der Waals surface area (Å²) in [6.45, 7) is 13.4. The average Bonchev–Trinajstić information content (AvgIpc) is 2.60. The van der Waals surface area contributed by atoms with Gasteiger partial charge in [-0.2, -0.15) is 0 Å². The molecule has 0 radical (unpaired) electrons. The molecule has 0 aromatic carbocycles. The second-order valence-corrected chi connectivity index (χ2v) is 9.43. The molecule has 2 fully saturated rings. The molecule has 2 aliphatic rings. The van der Waals surface area contributed by atoms with E-state index in [2.05, 4.69) is 41.5 Å².